The fourth-order valence-corrected chi connectivity index (χ4v) is 4.29. The van der Waals surface area contributed by atoms with Gasteiger partial charge in [-0.2, -0.15) is 0 Å². The van der Waals surface area contributed by atoms with Crippen molar-refractivity contribution < 1.29 is 18.0 Å². The fraction of sp³-hybridized carbons (Fsp3) is 0.167. The van der Waals surface area contributed by atoms with Crippen LogP contribution >= 0.6 is 0 Å². The van der Waals surface area contributed by atoms with Crippen molar-refractivity contribution in [3.63, 3.8) is 0 Å². The van der Waals surface area contributed by atoms with E-state index in [1.165, 1.54) is 18.3 Å². The summed E-state index contributed by atoms with van der Waals surface area (Å²) in [7, 11) is -2.29. The second-order valence-corrected chi connectivity index (χ2v) is 8.35. The smallest absolute Gasteiger partial charge is 0.322 e. The lowest BCUT2D eigenvalue weighted by Gasteiger charge is -2.25. The van der Waals surface area contributed by atoms with Gasteiger partial charge in [0.05, 0.1) is 11.4 Å². The zero-order valence-electron chi connectivity index (χ0n) is 15.4. The first-order valence-electron chi connectivity index (χ1n) is 8.66. The summed E-state index contributed by atoms with van der Waals surface area (Å²) in [6.45, 7) is -0.392. The van der Waals surface area contributed by atoms with Crippen LogP contribution in [0, 0.1) is 0 Å². The third-order valence-electron chi connectivity index (χ3n) is 4.72. The van der Waals surface area contributed by atoms with Gasteiger partial charge in [-0.15, -0.1) is 0 Å². The number of sulfonamides is 1. The number of rotatable bonds is 6. The molecule has 150 valence electrons. The number of nitrogens with one attached hydrogen (secondary N) is 3. The maximum absolute atomic E-state index is 12.8. The first-order valence-corrected chi connectivity index (χ1v) is 10.1. The summed E-state index contributed by atoms with van der Waals surface area (Å²) in [5, 5.41) is 4.64. The van der Waals surface area contributed by atoms with Crippen LogP contribution in [0.4, 0.5) is 4.79 Å². The van der Waals surface area contributed by atoms with E-state index in [0.717, 1.165) is 5.69 Å². The highest BCUT2D eigenvalue weighted by molar-refractivity contribution is 7.89. The summed E-state index contributed by atoms with van der Waals surface area (Å²) in [6, 6.07) is 9.30. The van der Waals surface area contributed by atoms with Crippen molar-refractivity contribution in [3.05, 3.63) is 67.0 Å². The van der Waals surface area contributed by atoms with Crippen molar-refractivity contribution in [2.45, 2.75) is 10.4 Å². The number of carbonyl (C=O) groups excluding carboxylic acids is 2. The Morgan fingerprint density at radius 2 is 1.79 bits per heavy atom. The van der Waals surface area contributed by atoms with Crippen LogP contribution < -0.4 is 15.4 Å². The van der Waals surface area contributed by atoms with Crippen molar-refractivity contribution in [1.29, 1.82) is 0 Å². The summed E-state index contributed by atoms with van der Waals surface area (Å²) in [4.78, 5) is 28.4. The molecule has 1 fully saturated rings. The molecule has 1 aliphatic heterocycles. The number of urea groups is 1. The average Bonchev–Trinajstić information content (AvgIpc) is 3.42. The Labute approximate surface area is 166 Å². The highest BCUT2D eigenvalue weighted by Crippen LogP contribution is 2.23. The van der Waals surface area contributed by atoms with Gasteiger partial charge in [0.1, 0.15) is 5.82 Å². The molecule has 1 atom stereocenters. The van der Waals surface area contributed by atoms with E-state index in [0.29, 0.717) is 0 Å². The Morgan fingerprint density at radius 1 is 1.10 bits per heavy atom. The first-order chi connectivity index (χ1) is 13.8. The molecule has 1 aliphatic rings. The molecule has 10 nitrogen and oxygen atoms in total. The largest absolute Gasteiger partial charge is 0.336 e. The quantitative estimate of drug-likeness (QED) is 0.498. The lowest BCUT2D eigenvalue weighted by Crippen LogP contribution is -2.53. The fourth-order valence-electron chi connectivity index (χ4n) is 3.22. The summed E-state index contributed by atoms with van der Waals surface area (Å²) >= 11 is 0. The van der Waals surface area contributed by atoms with Crippen LogP contribution in [0.2, 0.25) is 0 Å². The van der Waals surface area contributed by atoms with Crippen LogP contribution in [0.1, 0.15) is 5.82 Å². The molecule has 3 N–H and O–H groups in total. The van der Waals surface area contributed by atoms with Gasteiger partial charge in [0.15, 0.2) is 5.54 Å². The average molecular weight is 414 g/mol. The topological polar surface area (TPSA) is 127 Å². The van der Waals surface area contributed by atoms with Crippen LogP contribution in [0.3, 0.4) is 0 Å². The maximum Gasteiger partial charge on any atom is 0.322 e. The SMILES string of the molecule is Cn1ccnc1C1(CNS(=O)(=O)c2ccc(-n3cccc3)cc2)NC(=O)NC1=O. The predicted molar refractivity (Wildman–Crippen MR) is 103 cm³/mol. The minimum atomic E-state index is -3.94. The van der Waals surface area contributed by atoms with Crippen LogP contribution in [-0.4, -0.2) is 41.0 Å². The molecule has 29 heavy (non-hydrogen) atoms. The number of benzene rings is 1. The maximum atomic E-state index is 12.8. The van der Waals surface area contributed by atoms with Gasteiger partial charge >= 0.3 is 6.03 Å². The molecule has 0 radical (unpaired) electrons. The van der Waals surface area contributed by atoms with Crippen LogP contribution in [0.25, 0.3) is 5.69 Å². The van der Waals surface area contributed by atoms with Gasteiger partial charge in [-0.25, -0.2) is 22.9 Å². The summed E-state index contributed by atoms with van der Waals surface area (Å²) in [5.74, 6) is -0.464. The van der Waals surface area contributed by atoms with Crippen LogP contribution in [0.5, 0.6) is 0 Å². The highest BCUT2D eigenvalue weighted by atomic mass is 32.2. The Bertz CT molecular complexity index is 1170. The number of aromatic nitrogens is 3. The molecule has 0 aliphatic carbocycles. The van der Waals surface area contributed by atoms with Crippen molar-refractivity contribution in [3.8, 4) is 5.69 Å². The van der Waals surface area contributed by atoms with E-state index in [9.17, 15) is 18.0 Å². The monoisotopic (exact) mass is 414 g/mol. The minimum Gasteiger partial charge on any atom is -0.336 e. The van der Waals surface area contributed by atoms with E-state index in [1.807, 2.05) is 29.1 Å². The molecule has 3 aromatic rings. The number of hydrogen-bond donors (Lipinski definition) is 3. The standard InChI is InChI=1S/C18H18N6O4S/c1-23-11-8-19-15(23)18(16(25)21-17(26)22-18)12-20-29(27,28)14-6-4-13(5-7-14)24-9-2-3-10-24/h2-11,20H,12H2,1H3,(H2,21,22,25,26). The number of amides is 3. The molecule has 0 bridgehead atoms. The molecular formula is C18H18N6O4S. The first kappa shape index (κ1) is 18.9. The van der Waals surface area contributed by atoms with E-state index in [2.05, 4.69) is 20.3 Å². The summed E-state index contributed by atoms with van der Waals surface area (Å²) < 4.78 is 31.4. The zero-order valence-corrected chi connectivity index (χ0v) is 16.2. The van der Waals surface area contributed by atoms with Crippen molar-refractivity contribution in [2.75, 3.05) is 6.54 Å². The van der Waals surface area contributed by atoms with E-state index in [4.69, 9.17) is 0 Å². The Hall–Kier alpha value is -3.44. The molecular weight excluding hydrogens is 396 g/mol. The van der Waals surface area contributed by atoms with Crippen LogP contribution in [0.15, 0.2) is 66.1 Å². The van der Waals surface area contributed by atoms with E-state index < -0.39 is 34.0 Å². The van der Waals surface area contributed by atoms with Gasteiger partial charge in [0.2, 0.25) is 10.0 Å². The third kappa shape index (κ3) is 3.30. The lowest BCUT2D eigenvalue weighted by molar-refractivity contribution is -0.124. The van der Waals surface area contributed by atoms with Crippen molar-refractivity contribution in [2.24, 2.45) is 7.05 Å². The van der Waals surface area contributed by atoms with Gasteiger partial charge in [0, 0.05) is 37.5 Å². The highest BCUT2D eigenvalue weighted by Gasteiger charge is 2.51. The molecule has 1 saturated heterocycles. The number of hydrogen-bond acceptors (Lipinski definition) is 5. The molecule has 0 saturated carbocycles. The molecule has 1 aromatic carbocycles. The van der Waals surface area contributed by atoms with E-state index in [-0.39, 0.29) is 10.7 Å². The molecule has 3 amide bonds. The number of carbonyl (C=O) groups is 2. The molecule has 1 unspecified atom stereocenters. The van der Waals surface area contributed by atoms with Gasteiger partial charge in [0.25, 0.3) is 5.91 Å². The summed E-state index contributed by atoms with van der Waals surface area (Å²) in [6.07, 6.45) is 6.76. The Kier molecular flexibility index (Phi) is 4.47. The zero-order chi connectivity index (χ0) is 20.6. The number of imide groups is 1. The number of nitrogens with zero attached hydrogens (tertiary/aromatic N) is 3. The second kappa shape index (κ2) is 6.87. The van der Waals surface area contributed by atoms with Gasteiger partial charge < -0.3 is 14.5 Å². The van der Waals surface area contributed by atoms with Crippen molar-refractivity contribution in [1.82, 2.24) is 29.5 Å². The third-order valence-corrected chi connectivity index (χ3v) is 6.14. The van der Waals surface area contributed by atoms with Crippen LogP contribution in [-0.2, 0) is 27.4 Å². The van der Waals surface area contributed by atoms with Crippen molar-refractivity contribution >= 4 is 22.0 Å². The summed E-state index contributed by atoms with van der Waals surface area (Å²) in [5.41, 5.74) is -0.839. The number of aryl methyl sites for hydroxylation is 1. The number of imidazole rings is 1. The molecule has 2 aromatic heterocycles. The molecule has 3 heterocycles. The molecule has 4 rings (SSSR count). The van der Waals surface area contributed by atoms with E-state index in [1.54, 1.807) is 29.9 Å². The second-order valence-electron chi connectivity index (χ2n) is 6.58. The normalized spacial score (nSPS) is 19.2. The van der Waals surface area contributed by atoms with Gasteiger partial charge in [-0.05, 0) is 36.4 Å². The Morgan fingerprint density at radius 3 is 2.34 bits per heavy atom. The minimum absolute atomic E-state index is 0.0353. The van der Waals surface area contributed by atoms with Gasteiger partial charge in [-0.1, -0.05) is 0 Å². The van der Waals surface area contributed by atoms with Gasteiger partial charge in [-0.3, -0.25) is 10.1 Å². The lowest BCUT2D eigenvalue weighted by atomic mass is 9.99. The predicted octanol–water partition coefficient (Wildman–Crippen LogP) is 0.224. The molecule has 0 spiro atoms. The molecule has 11 heteroatoms. The Balaban J connectivity index is 1.60. The van der Waals surface area contributed by atoms with E-state index >= 15 is 0 Å².